The first-order valence-corrected chi connectivity index (χ1v) is 7.65. The van der Waals surface area contributed by atoms with Crippen molar-refractivity contribution in [2.24, 2.45) is 11.8 Å². The molecule has 1 heterocycles. The van der Waals surface area contributed by atoms with Crippen LogP contribution >= 0.6 is 0 Å². The summed E-state index contributed by atoms with van der Waals surface area (Å²) in [4.78, 5) is 4.32. The topological polar surface area (TPSA) is 50.9 Å². The van der Waals surface area contributed by atoms with Crippen LogP contribution in [0.25, 0.3) is 10.9 Å². The van der Waals surface area contributed by atoms with Crippen LogP contribution in [0.3, 0.4) is 0 Å². The van der Waals surface area contributed by atoms with Gasteiger partial charge >= 0.3 is 0 Å². The van der Waals surface area contributed by atoms with Crippen molar-refractivity contribution in [1.82, 2.24) is 4.98 Å². The third kappa shape index (κ3) is 2.67. The van der Waals surface area contributed by atoms with Gasteiger partial charge in [0.15, 0.2) is 5.82 Å². The molecule has 3 unspecified atom stereocenters. The summed E-state index contributed by atoms with van der Waals surface area (Å²) < 4.78 is 14.3. The van der Waals surface area contributed by atoms with E-state index in [0.717, 1.165) is 24.1 Å². The number of benzene rings is 1. The van der Waals surface area contributed by atoms with Gasteiger partial charge in [-0.3, -0.25) is 4.98 Å². The molecule has 1 aliphatic carbocycles. The number of nitrogen functional groups attached to an aromatic ring is 1. The van der Waals surface area contributed by atoms with E-state index >= 15 is 0 Å². The van der Waals surface area contributed by atoms with Crippen molar-refractivity contribution in [2.45, 2.75) is 39.2 Å². The number of aromatic nitrogens is 1. The molecule has 2 aromatic rings. The summed E-state index contributed by atoms with van der Waals surface area (Å²) in [7, 11) is 0. The molecular weight excluding hydrogens is 265 g/mol. The predicted molar refractivity (Wildman–Crippen MR) is 85.7 cm³/mol. The first-order chi connectivity index (χ1) is 10.1. The Labute approximate surface area is 124 Å². The van der Waals surface area contributed by atoms with E-state index in [1.54, 1.807) is 6.20 Å². The maximum absolute atomic E-state index is 14.3. The quantitative estimate of drug-likeness (QED) is 0.814. The molecule has 21 heavy (non-hydrogen) atoms. The van der Waals surface area contributed by atoms with Gasteiger partial charge in [-0.05, 0) is 49.3 Å². The number of anilines is 2. The van der Waals surface area contributed by atoms with Crippen molar-refractivity contribution in [3.8, 4) is 0 Å². The molecule has 1 aromatic carbocycles. The van der Waals surface area contributed by atoms with E-state index in [2.05, 4.69) is 24.1 Å². The fourth-order valence-corrected chi connectivity index (χ4v) is 3.26. The molecule has 1 saturated carbocycles. The SMILES string of the molecule is CC1CCC(Nc2c(F)cc(N)c3cccnc23)CC1C. The van der Waals surface area contributed by atoms with Gasteiger partial charge in [0.05, 0.1) is 11.2 Å². The third-order valence-corrected chi connectivity index (χ3v) is 4.82. The number of hydrogen-bond donors (Lipinski definition) is 2. The van der Waals surface area contributed by atoms with Crippen LogP contribution in [0.4, 0.5) is 15.8 Å². The van der Waals surface area contributed by atoms with Crippen LogP contribution in [0.5, 0.6) is 0 Å². The highest BCUT2D eigenvalue weighted by atomic mass is 19.1. The van der Waals surface area contributed by atoms with Gasteiger partial charge in [-0.1, -0.05) is 13.8 Å². The Balaban J connectivity index is 1.94. The summed E-state index contributed by atoms with van der Waals surface area (Å²) in [5.74, 6) is 1.09. The molecular formula is C17H22FN3. The molecule has 3 N–H and O–H groups in total. The number of rotatable bonds is 2. The fraction of sp³-hybridized carbons (Fsp3) is 0.471. The second-order valence-corrected chi connectivity index (χ2v) is 6.33. The van der Waals surface area contributed by atoms with Crippen molar-refractivity contribution in [3.05, 3.63) is 30.2 Å². The van der Waals surface area contributed by atoms with Gasteiger partial charge in [0.1, 0.15) is 0 Å². The third-order valence-electron chi connectivity index (χ3n) is 4.82. The van der Waals surface area contributed by atoms with E-state index in [-0.39, 0.29) is 5.82 Å². The van der Waals surface area contributed by atoms with E-state index in [4.69, 9.17) is 5.73 Å². The largest absolute Gasteiger partial charge is 0.398 e. The van der Waals surface area contributed by atoms with Crippen LogP contribution in [0.15, 0.2) is 24.4 Å². The van der Waals surface area contributed by atoms with Gasteiger partial charge in [0, 0.05) is 23.3 Å². The molecule has 0 spiro atoms. The molecule has 3 nitrogen and oxygen atoms in total. The number of nitrogens with zero attached hydrogens (tertiary/aromatic N) is 1. The van der Waals surface area contributed by atoms with E-state index in [0.29, 0.717) is 28.9 Å². The second kappa shape index (κ2) is 5.51. The number of pyridine rings is 1. The van der Waals surface area contributed by atoms with Crippen molar-refractivity contribution in [3.63, 3.8) is 0 Å². The highest BCUT2D eigenvalue weighted by Gasteiger charge is 2.25. The van der Waals surface area contributed by atoms with Crippen molar-refractivity contribution in [2.75, 3.05) is 11.1 Å². The molecule has 1 aliphatic rings. The maximum Gasteiger partial charge on any atom is 0.150 e. The number of fused-ring (bicyclic) bond motifs is 1. The molecule has 3 atom stereocenters. The monoisotopic (exact) mass is 287 g/mol. The Kier molecular flexibility index (Phi) is 3.70. The lowest BCUT2D eigenvalue weighted by atomic mass is 9.79. The Morgan fingerprint density at radius 1 is 1.29 bits per heavy atom. The van der Waals surface area contributed by atoms with Crippen molar-refractivity contribution < 1.29 is 4.39 Å². The van der Waals surface area contributed by atoms with Gasteiger partial charge in [0.2, 0.25) is 0 Å². The van der Waals surface area contributed by atoms with Crippen LogP contribution in [-0.4, -0.2) is 11.0 Å². The molecule has 1 aromatic heterocycles. The van der Waals surface area contributed by atoms with Crippen LogP contribution in [0.2, 0.25) is 0 Å². The lowest BCUT2D eigenvalue weighted by Gasteiger charge is -2.33. The summed E-state index contributed by atoms with van der Waals surface area (Å²) in [6, 6.07) is 5.40. The Hall–Kier alpha value is -1.84. The Morgan fingerprint density at radius 3 is 2.86 bits per heavy atom. The zero-order valence-corrected chi connectivity index (χ0v) is 12.6. The highest BCUT2D eigenvalue weighted by Crippen LogP contribution is 2.34. The average molecular weight is 287 g/mol. The van der Waals surface area contributed by atoms with Gasteiger partial charge in [-0.25, -0.2) is 4.39 Å². The Bertz CT molecular complexity index is 656. The fourth-order valence-electron chi connectivity index (χ4n) is 3.26. The molecule has 3 rings (SSSR count). The van der Waals surface area contributed by atoms with E-state index in [1.165, 1.54) is 12.5 Å². The lowest BCUT2D eigenvalue weighted by Crippen LogP contribution is -2.30. The lowest BCUT2D eigenvalue weighted by molar-refractivity contribution is 0.260. The Morgan fingerprint density at radius 2 is 2.10 bits per heavy atom. The number of nitrogens with two attached hydrogens (primary N) is 1. The molecule has 0 aliphatic heterocycles. The van der Waals surface area contributed by atoms with Crippen LogP contribution < -0.4 is 11.1 Å². The molecule has 0 radical (unpaired) electrons. The zero-order valence-electron chi connectivity index (χ0n) is 12.6. The first-order valence-electron chi connectivity index (χ1n) is 7.65. The average Bonchev–Trinajstić information content (AvgIpc) is 2.47. The zero-order chi connectivity index (χ0) is 15.0. The van der Waals surface area contributed by atoms with Crippen molar-refractivity contribution in [1.29, 1.82) is 0 Å². The summed E-state index contributed by atoms with van der Waals surface area (Å²) in [5.41, 5.74) is 7.45. The maximum atomic E-state index is 14.3. The predicted octanol–water partition coefficient (Wildman–Crippen LogP) is 4.19. The van der Waals surface area contributed by atoms with Gasteiger partial charge in [0.25, 0.3) is 0 Å². The van der Waals surface area contributed by atoms with E-state index in [1.807, 2.05) is 12.1 Å². The van der Waals surface area contributed by atoms with Crippen LogP contribution in [0.1, 0.15) is 33.1 Å². The molecule has 0 amide bonds. The highest BCUT2D eigenvalue weighted by molar-refractivity contribution is 5.98. The molecule has 4 heteroatoms. The minimum absolute atomic E-state index is 0.305. The van der Waals surface area contributed by atoms with Gasteiger partial charge in [-0.2, -0.15) is 0 Å². The van der Waals surface area contributed by atoms with Crippen LogP contribution in [-0.2, 0) is 0 Å². The first kappa shape index (κ1) is 14.1. The van der Waals surface area contributed by atoms with E-state index in [9.17, 15) is 4.39 Å². The smallest absolute Gasteiger partial charge is 0.150 e. The summed E-state index contributed by atoms with van der Waals surface area (Å²) in [6.45, 7) is 4.57. The van der Waals surface area contributed by atoms with Gasteiger partial charge in [-0.15, -0.1) is 0 Å². The second-order valence-electron chi connectivity index (χ2n) is 6.33. The van der Waals surface area contributed by atoms with Gasteiger partial charge < -0.3 is 11.1 Å². The number of nitrogens with one attached hydrogen (secondary N) is 1. The van der Waals surface area contributed by atoms with Crippen molar-refractivity contribution >= 4 is 22.3 Å². The molecule has 1 fully saturated rings. The molecule has 0 bridgehead atoms. The minimum Gasteiger partial charge on any atom is -0.398 e. The molecule has 0 saturated heterocycles. The number of halogens is 1. The molecule has 112 valence electrons. The summed E-state index contributed by atoms with van der Waals surface area (Å²) in [5, 5.41) is 4.18. The summed E-state index contributed by atoms with van der Waals surface area (Å²) >= 11 is 0. The van der Waals surface area contributed by atoms with E-state index < -0.39 is 0 Å². The summed E-state index contributed by atoms with van der Waals surface area (Å²) in [6.07, 6.45) is 5.00. The number of hydrogen-bond acceptors (Lipinski definition) is 3. The standard InChI is InChI=1S/C17H22FN3/c1-10-5-6-12(8-11(10)2)21-17-14(18)9-15(19)13-4-3-7-20-16(13)17/h3-4,7,9-12,21H,5-6,8,19H2,1-2H3. The van der Waals surface area contributed by atoms with Crippen LogP contribution in [0, 0.1) is 17.7 Å². The minimum atomic E-state index is -0.315. The normalized spacial score (nSPS) is 26.0.